The lowest BCUT2D eigenvalue weighted by atomic mass is 10.1. The molecule has 1 N–H and O–H groups in total. The Morgan fingerprint density at radius 3 is 2.42 bits per heavy atom. The van der Waals surface area contributed by atoms with Gasteiger partial charge in [0, 0.05) is 0 Å². The molecule has 0 unspecified atom stereocenters. The van der Waals surface area contributed by atoms with Gasteiger partial charge in [-0.05, 0) is 51.0 Å². The molecule has 0 atom stereocenters. The Bertz CT molecular complexity index is 564. The van der Waals surface area contributed by atoms with Crippen LogP contribution in [0.2, 0.25) is 0 Å². The van der Waals surface area contributed by atoms with Crippen LogP contribution in [0, 0.1) is 13.8 Å². The van der Waals surface area contributed by atoms with E-state index in [0.717, 1.165) is 11.1 Å². The fourth-order valence-corrected chi connectivity index (χ4v) is 2.48. The number of nitrogens with one attached hydrogen (secondary N) is 1. The second-order valence-corrected chi connectivity index (χ2v) is 6.38. The summed E-state index contributed by atoms with van der Waals surface area (Å²) in [5, 5.41) is 0. The van der Waals surface area contributed by atoms with Gasteiger partial charge in [0.05, 0.1) is 11.0 Å². The third-order valence-corrected chi connectivity index (χ3v) is 3.96. The van der Waals surface area contributed by atoms with Gasteiger partial charge >= 0.3 is 5.97 Å². The second kappa shape index (κ2) is 6.16. The molecule has 0 aliphatic heterocycles. The Labute approximate surface area is 114 Å². The zero-order valence-corrected chi connectivity index (χ0v) is 12.4. The van der Waals surface area contributed by atoms with Gasteiger partial charge in [0.25, 0.3) is 0 Å². The smallest absolute Gasteiger partial charge is 0.321 e. The van der Waals surface area contributed by atoms with Crippen LogP contribution >= 0.6 is 0 Å². The van der Waals surface area contributed by atoms with Gasteiger partial charge in [-0.25, -0.2) is 8.42 Å². The lowest BCUT2D eigenvalue weighted by Gasteiger charge is -2.10. The lowest BCUT2D eigenvalue weighted by molar-refractivity contribution is -0.145. The van der Waals surface area contributed by atoms with Crippen LogP contribution in [-0.4, -0.2) is 27.0 Å². The van der Waals surface area contributed by atoms with Crippen LogP contribution < -0.4 is 4.72 Å². The molecule has 1 aromatic carbocycles. The predicted octanol–water partition coefficient (Wildman–Crippen LogP) is 1.53. The third-order valence-electron chi connectivity index (χ3n) is 2.56. The monoisotopic (exact) mass is 285 g/mol. The van der Waals surface area contributed by atoms with Crippen LogP contribution in [0.5, 0.6) is 0 Å². The average Bonchev–Trinajstić information content (AvgIpc) is 2.29. The van der Waals surface area contributed by atoms with Gasteiger partial charge in [0.15, 0.2) is 0 Å². The number of aryl methyl sites for hydroxylation is 2. The van der Waals surface area contributed by atoms with E-state index in [2.05, 4.69) is 4.72 Å². The quantitative estimate of drug-likeness (QED) is 0.833. The molecule has 5 nitrogen and oxygen atoms in total. The molecule has 0 saturated heterocycles. The highest BCUT2D eigenvalue weighted by Gasteiger charge is 2.17. The first-order valence-electron chi connectivity index (χ1n) is 5.99. The molecule has 6 heteroatoms. The maximum absolute atomic E-state index is 12.0. The summed E-state index contributed by atoms with van der Waals surface area (Å²) in [5.41, 5.74) is 1.89. The zero-order valence-electron chi connectivity index (χ0n) is 11.6. The first-order chi connectivity index (χ1) is 8.72. The van der Waals surface area contributed by atoms with E-state index in [1.807, 2.05) is 13.8 Å². The fraction of sp³-hybridized carbons (Fsp3) is 0.462. The molecule has 0 heterocycles. The van der Waals surface area contributed by atoms with Crippen molar-refractivity contribution in [2.75, 3.05) is 6.54 Å². The van der Waals surface area contributed by atoms with E-state index in [0.29, 0.717) is 0 Å². The molecule has 1 aromatic rings. The molecule has 0 saturated carbocycles. The topological polar surface area (TPSA) is 72.5 Å². The van der Waals surface area contributed by atoms with E-state index in [4.69, 9.17) is 4.74 Å². The molecule has 0 aliphatic carbocycles. The van der Waals surface area contributed by atoms with E-state index in [9.17, 15) is 13.2 Å². The Morgan fingerprint density at radius 1 is 1.26 bits per heavy atom. The summed E-state index contributed by atoms with van der Waals surface area (Å²) in [6.07, 6.45) is -0.265. The van der Waals surface area contributed by atoms with Gasteiger partial charge in [0.1, 0.15) is 6.54 Å². The first kappa shape index (κ1) is 15.7. The van der Waals surface area contributed by atoms with Gasteiger partial charge in [-0.2, -0.15) is 4.72 Å². The molecule has 1 rings (SSSR count). The molecule has 0 aromatic heterocycles. The summed E-state index contributed by atoms with van der Waals surface area (Å²) in [4.78, 5) is 11.4. The minimum atomic E-state index is -3.68. The van der Waals surface area contributed by atoms with Gasteiger partial charge in [-0.1, -0.05) is 6.07 Å². The van der Waals surface area contributed by atoms with Gasteiger partial charge in [0.2, 0.25) is 10.0 Å². The standard InChI is InChI=1S/C13H19NO4S/c1-9(2)18-13(15)8-14-19(16,17)12-6-5-10(3)11(4)7-12/h5-7,9,14H,8H2,1-4H3. The first-order valence-corrected chi connectivity index (χ1v) is 7.47. The molecule has 19 heavy (non-hydrogen) atoms. The SMILES string of the molecule is Cc1ccc(S(=O)(=O)NCC(=O)OC(C)C)cc1C. The van der Waals surface area contributed by atoms with Crippen LogP contribution in [0.15, 0.2) is 23.1 Å². The Balaban J connectivity index is 2.76. The predicted molar refractivity (Wildman–Crippen MR) is 72.3 cm³/mol. The number of rotatable bonds is 5. The summed E-state index contributed by atoms with van der Waals surface area (Å²) in [6, 6.07) is 4.82. The van der Waals surface area contributed by atoms with Crippen molar-refractivity contribution in [2.24, 2.45) is 0 Å². The summed E-state index contributed by atoms with van der Waals surface area (Å²) < 4.78 is 31.0. The van der Waals surface area contributed by atoms with Crippen LogP contribution in [0.1, 0.15) is 25.0 Å². The Morgan fingerprint density at radius 2 is 1.89 bits per heavy atom. The number of hydrogen-bond acceptors (Lipinski definition) is 4. The van der Waals surface area contributed by atoms with Crippen molar-refractivity contribution in [3.05, 3.63) is 29.3 Å². The lowest BCUT2D eigenvalue weighted by Crippen LogP contribution is -2.31. The Kier molecular flexibility index (Phi) is 5.08. The highest BCUT2D eigenvalue weighted by Crippen LogP contribution is 2.14. The number of carbonyl (C=O) groups is 1. The van der Waals surface area contributed by atoms with Crippen molar-refractivity contribution in [1.29, 1.82) is 0 Å². The van der Waals surface area contributed by atoms with Crippen molar-refractivity contribution in [3.8, 4) is 0 Å². The van der Waals surface area contributed by atoms with E-state index in [1.54, 1.807) is 26.0 Å². The molecule has 106 valence electrons. The zero-order chi connectivity index (χ0) is 14.6. The van der Waals surface area contributed by atoms with Crippen molar-refractivity contribution in [1.82, 2.24) is 4.72 Å². The van der Waals surface area contributed by atoms with Crippen LogP contribution in [0.4, 0.5) is 0 Å². The van der Waals surface area contributed by atoms with Crippen molar-refractivity contribution in [3.63, 3.8) is 0 Å². The van der Waals surface area contributed by atoms with Crippen molar-refractivity contribution in [2.45, 2.75) is 38.7 Å². The molecule has 0 bridgehead atoms. The van der Waals surface area contributed by atoms with E-state index in [1.165, 1.54) is 6.07 Å². The number of esters is 1. The van der Waals surface area contributed by atoms with Crippen molar-refractivity contribution < 1.29 is 17.9 Å². The number of ether oxygens (including phenoxy) is 1. The molecular weight excluding hydrogens is 266 g/mol. The average molecular weight is 285 g/mol. The fourth-order valence-electron chi connectivity index (χ4n) is 1.42. The van der Waals surface area contributed by atoms with E-state index in [-0.39, 0.29) is 17.5 Å². The third kappa shape index (κ3) is 4.65. The van der Waals surface area contributed by atoms with E-state index < -0.39 is 16.0 Å². The minimum absolute atomic E-state index is 0.146. The second-order valence-electron chi connectivity index (χ2n) is 4.61. The molecule has 0 amide bonds. The van der Waals surface area contributed by atoms with Crippen LogP contribution in [-0.2, 0) is 19.6 Å². The molecule has 0 aliphatic rings. The van der Waals surface area contributed by atoms with Crippen LogP contribution in [0.25, 0.3) is 0 Å². The van der Waals surface area contributed by atoms with Crippen LogP contribution in [0.3, 0.4) is 0 Å². The molecular formula is C13H19NO4S. The molecule has 0 spiro atoms. The number of sulfonamides is 1. The summed E-state index contributed by atoms with van der Waals surface area (Å²) in [5.74, 6) is -0.595. The number of hydrogen-bond donors (Lipinski definition) is 1. The van der Waals surface area contributed by atoms with Gasteiger partial charge < -0.3 is 4.74 Å². The normalized spacial score (nSPS) is 11.6. The Hall–Kier alpha value is -1.40. The van der Waals surface area contributed by atoms with E-state index >= 15 is 0 Å². The minimum Gasteiger partial charge on any atom is -0.462 e. The maximum atomic E-state index is 12.0. The highest BCUT2D eigenvalue weighted by atomic mass is 32.2. The highest BCUT2D eigenvalue weighted by molar-refractivity contribution is 7.89. The number of carbonyl (C=O) groups excluding carboxylic acids is 1. The molecule has 0 fully saturated rings. The maximum Gasteiger partial charge on any atom is 0.321 e. The summed E-state index contributed by atoms with van der Waals surface area (Å²) >= 11 is 0. The molecule has 0 radical (unpaired) electrons. The van der Waals surface area contributed by atoms with Crippen molar-refractivity contribution >= 4 is 16.0 Å². The number of benzene rings is 1. The van der Waals surface area contributed by atoms with Gasteiger partial charge in [-0.3, -0.25) is 4.79 Å². The summed E-state index contributed by atoms with van der Waals surface area (Å²) in [6.45, 7) is 6.78. The summed E-state index contributed by atoms with van der Waals surface area (Å²) in [7, 11) is -3.68. The largest absolute Gasteiger partial charge is 0.462 e. The van der Waals surface area contributed by atoms with Gasteiger partial charge in [-0.15, -0.1) is 0 Å².